The number of aryl methyl sites for hydroxylation is 1. The summed E-state index contributed by atoms with van der Waals surface area (Å²) in [5.74, 6) is 5.83. The van der Waals surface area contributed by atoms with E-state index in [2.05, 4.69) is 30.7 Å². The van der Waals surface area contributed by atoms with E-state index in [1.165, 1.54) is 12.4 Å². The second kappa shape index (κ2) is 5.83. The van der Waals surface area contributed by atoms with Crippen molar-refractivity contribution < 1.29 is 4.79 Å². The van der Waals surface area contributed by atoms with E-state index in [9.17, 15) is 4.79 Å². The molecule has 2 aromatic rings. The Labute approximate surface area is 109 Å². The lowest BCUT2D eigenvalue weighted by atomic mass is 10.3. The van der Waals surface area contributed by atoms with Gasteiger partial charge in [0, 0.05) is 6.20 Å². The third-order valence-corrected chi connectivity index (χ3v) is 2.28. The number of nitrogens with zero attached hydrogens (tertiary/aromatic N) is 4. The van der Waals surface area contributed by atoms with Crippen LogP contribution in [0.25, 0.3) is 0 Å². The van der Waals surface area contributed by atoms with E-state index in [0.29, 0.717) is 18.2 Å². The molecule has 0 radical (unpaired) electrons. The van der Waals surface area contributed by atoms with Gasteiger partial charge in [-0.2, -0.15) is 0 Å². The Morgan fingerprint density at radius 2 is 2.21 bits per heavy atom. The number of hydrogen-bond acceptors (Lipinski definition) is 7. The van der Waals surface area contributed by atoms with Crippen molar-refractivity contribution in [3.8, 4) is 0 Å². The van der Waals surface area contributed by atoms with Gasteiger partial charge < -0.3 is 10.7 Å². The molecule has 0 saturated carbocycles. The summed E-state index contributed by atoms with van der Waals surface area (Å²) < 4.78 is 0. The van der Waals surface area contributed by atoms with Crippen LogP contribution in [0, 0.1) is 6.92 Å². The summed E-state index contributed by atoms with van der Waals surface area (Å²) in [6, 6.07) is 1.73. The topological polar surface area (TPSA) is 119 Å². The van der Waals surface area contributed by atoms with Crippen LogP contribution in [0.2, 0.25) is 0 Å². The minimum atomic E-state index is -0.346. The molecule has 0 aliphatic rings. The Morgan fingerprint density at radius 1 is 1.37 bits per heavy atom. The molecule has 4 N–H and O–H groups in total. The van der Waals surface area contributed by atoms with Crippen molar-refractivity contribution in [2.45, 2.75) is 13.5 Å². The molecule has 19 heavy (non-hydrogen) atoms. The van der Waals surface area contributed by atoms with Gasteiger partial charge in [0.1, 0.15) is 11.5 Å². The maximum absolute atomic E-state index is 11.8. The molecule has 0 aliphatic heterocycles. The molecular weight excluding hydrogens is 246 g/mol. The number of hydrazine groups is 1. The van der Waals surface area contributed by atoms with E-state index >= 15 is 0 Å². The summed E-state index contributed by atoms with van der Waals surface area (Å²) in [6.07, 6.45) is 4.43. The third-order valence-electron chi connectivity index (χ3n) is 2.28. The fraction of sp³-hybridized carbons (Fsp3) is 0.182. The molecule has 0 saturated heterocycles. The van der Waals surface area contributed by atoms with E-state index in [1.54, 1.807) is 19.2 Å². The molecule has 0 spiro atoms. The normalized spacial score (nSPS) is 10.0. The quantitative estimate of drug-likeness (QED) is 0.513. The van der Waals surface area contributed by atoms with E-state index in [4.69, 9.17) is 5.84 Å². The number of amides is 1. The van der Waals surface area contributed by atoms with Gasteiger partial charge in [0.05, 0.1) is 24.6 Å². The molecule has 8 nitrogen and oxygen atoms in total. The first-order valence-corrected chi connectivity index (χ1v) is 5.54. The van der Waals surface area contributed by atoms with E-state index in [-0.39, 0.29) is 11.6 Å². The zero-order valence-corrected chi connectivity index (χ0v) is 10.3. The van der Waals surface area contributed by atoms with Crippen molar-refractivity contribution in [2.24, 2.45) is 5.84 Å². The average Bonchev–Trinajstić information content (AvgIpc) is 2.45. The highest BCUT2D eigenvalue weighted by Gasteiger charge is 2.08. The number of nitrogens with two attached hydrogens (primary N) is 1. The van der Waals surface area contributed by atoms with Gasteiger partial charge in [-0.05, 0) is 13.0 Å². The summed E-state index contributed by atoms with van der Waals surface area (Å²) in [7, 11) is 0. The van der Waals surface area contributed by atoms with Crippen LogP contribution in [-0.4, -0.2) is 25.8 Å². The lowest BCUT2D eigenvalue weighted by Gasteiger charge is -2.05. The summed E-state index contributed by atoms with van der Waals surface area (Å²) in [5.41, 5.74) is 3.23. The van der Waals surface area contributed by atoms with Gasteiger partial charge in [0.15, 0.2) is 5.82 Å². The van der Waals surface area contributed by atoms with Gasteiger partial charge in [0.25, 0.3) is 5.91 Å². The fourth-order valence-corrected chi connectivity index (χ4v) is 1.41. The molecule has 0 atom stereocenters. The molecule has 2 heterocycles. The second-order valence-electron chi connectivity index (χ2n) is 3.71. The van der Waals surface area contributed by atoms with Gasteiger partial charge in [-0.25, -0.2) is 20.8 Å². The van der Waals surface area contributed by atoms with Gasteiger partial charge in [0.2, 0.25) is 0 Å². The van der Waals surface area contributed by atoms with E-state index in [0.717, 1.165) is 5.69 Å². The summed E-state index contributed by atoms with van der Waals surface area (Å²) in [6.45, 7) is 2.08. The number of hydrogen-bond donors (Lipinski definition) is 3. The minimum Gasteiger partial charge on any atom is -0.345 e. The monoisotopic (exact) mass is 259 g/mol. The van der Waals surface area contributed by atoms with Crippen molar-refractivity contribution in [3.63, 3.8) is 0 Å². The molecule has 2 rings (SSSR count). The number of anilines is 1. The predicted molar refractivity (Wildman–Crippen MR) is 67.8 cm³/mol. The molecular formula is C11H13N7O. The number of carbonyl (C=O) groups excluding carboxylic acids is 1. The molecule has 8 heteroatoms. The number of carbonyl (C=O) groups is 1. The van der Waals surface area contributed by atoms with Crippen LogP contribution in [-0.2, 0) is 6.54 Å². The Bertz CT molecular complexity index is 587. The van der Waals surface area contributed by atoms with Crippen LogP contribution in [0.5, 0.6) is 0 Å². The van der Waals surface area contributed by atoms with Crippen molar-refractivity contribution in [2.75, 3.05) is 5.43 Å². The highest BCUT2D eigenvalue weighted by Crippen LogP contribution is 2.01. The maximum atomic E-state index is 11.8. The Hall–Kier alpha value is -2.61. The molecule has 0 bridgehead atoms. The Kier molecular flexibility index (Phi) is 3.94. The van der Waals surface area contributed by atoms with Gasteiger partial charge in [-0.1, -0.05) is 0 Å². The van der Waals surface area contributed by atoms with Crippen LogP contribution in [0.1, 0.15) is 22.0 Å². The fourth-order valence-electron chi connectivity index (χ4n) is 1.41. The average molecular weight is 259 g/mol. The van der Waals surface area contributed by atoms with Crippen LogP contribution in [0.3, 0.4) is 0 Å². The summed E-state index contributed by atoms with van der Waals surface area (Å²) in [4.78, 5) is 27.8. The SMILES string of the molecule is Cc1nccc(CNC(=O)c2cncc(NN)n2)n1. The van der Waals surface area contributed by atoms with Crippen LogP contribution < -0.4 is 16.6 Å². The lowest BCUT2D eigenvalue weighted by molar-refractivity contribution is 0.0945. The van der Waals surface area contributed by atoms with Crippen molar-refractivity contribution in [1.82, 2.24) is 25.3 Å². The first kappa shape index (κ1) is 12.8. The first-order chi connectivity index (χ1) is 9.19. The molecule has 0 aliphatic carbocycles. The first-order valence-electron chi connectivity index (χ1n) is 5.54. The molecule has 2 aromatic heterocycles. The van der Waals surface area contributed by atoms with Crippen LogP contribution >= 0.6 is 0 Å². The van der Waals surface area contributed by atoms with E-state index < -0.39 is 0 Å². The van der Waals surface area contributed by atoms with Crippen molar-refractivity contribution in [3.05, 3.63) is 41.9 Å². The number of nitrogen functional groups attached to an aromatic ring is 1. The molecule has 0 unspecified atom stereocenters. The molecule has 1 amide bonds. The predicted octanol–water partition coefficient (Wildman–Crippen LogP) is -0.209. The van der Waals surface area contributed by atoms with Crippen molar-refractivity contribution >= 4 is 11.7 Å². The largest absolute Gasteiger partial charge is 0.345 e. The van der Waals surface area contributed by atoms with Gasteiger partial charge in [-0.3, -0.25) is 9.78 Å². The molecule has 98 valence electrons. The molecule has 0 aromatic carbocycles. The highest BCUT2D eigenvalue weighted by atomic mass is 16.1. The van der Waals surface area contributed by atoms with Crippen LogP contribution in [0.15, 0.2) is 24.7 Å². The summed E-state index contributed by atoms with van der Waals surface area (Å²) in [5, 5.41) is 2.69. The second-order valence-corrected chi connectivity index (χ2v) is 3.71. The molecule has 0 fully saturated rings. The number of nitrogens with one attached hydrogen (secondary N) is 2. The number of rotatable bonds is 4. The highest BCUT2D eigenvalue weighted by molar-refractivity contribution is 5.92. The van der Waals surface area contributed by atoms with E-state index in [1.807, 2.05) is 0 Å². The van der Waals surface area contributed by atoms with Crippen molar-refractivity contribution in [1.29, 1.82) is 0 Å². The smallest absolute Gasteiger partial charge is 0.271 e. The number of aromatic nitrogens is 4. The summed E-state index contributed by atoms with van der Waals surface area (Å²) >= 11 is 0. The lowest BCUT2D eigenvalue weighted by Crippen LogP contribution is -2.25. The Morgan fingerprint density at radius 3 is 2.95 bits per heavy atom. The minimum absolute atomic E-state index is 0.182. The zero-order valence-electron chi connectivity index (χ0n) is 10.3. The maximum Gasteiger partial charge on any atom is 0.271 e. The third kappa shape index (κ3) is 3.42. The Balaban J connectivity index is 2.01. The zero-order chi connectivity index (χ0) is 13.7. The van der Waals surface area contributed by atoms with Gasteiger partial charge in [-0.15, -0.1) is 0 Å². The van der Waals surface area contributed by atoms with Crippen LogP contribution in [0.4, 0.5) is 5.82 Å². The standard InChI is InChI=1S/C11H13N7O/c1-7-14-3-2-8(16-7)4-15-11(19)9-5-13-6-10(17-9)18-12/h2-3,5-6H,4,12H2,1H3,(H,15,19)(H,17,18). The van der Waals surface area contributed by atoms with Gasteiger partial charge >= 0.3 is 0 Å².